The van der Waals surface area contributed by atoms with E-state index in [2.05, 4.69) is 0 Å². The zero-order chi connectivity index (χ0) is 31.1. The highest BCUT2D eigenvalue weighted by molar-refractivity contribution is 6.10. The van der Waals surface area contributed by atoms with Crippen LogP contribution < -0.4 is 0 Å². The molecule has 0 radical (unpaired) electrons. The van der Waals surface area contributed by atoms with Gasteiger partial charge in [-0.2, -0.15) is 0 Å². The Balaban J connectivity index is 1.27. The first-order chi connectivity index (χ1) is 21.3. The lowest BCUT2D eigenvalue weighted by molar-refractivity contribution is -0.170. The van der Waals surface area contributed by atoms with Gasteiger partial charge in [0, 0.05) is 18.4 Å². The minimum absolute atomic E-state index is 0.0319. The summed E-state index contributed by atoms with van der Waals surface area (Å²) >= 11 is 0. The zero-order valence-electron chi connectivity index (χ0n) is 24.2. The number of rotatable bonds is 13. The summed E-state index contributed by atoms with van der Waals surface area (Å²) in [7, 11) is 0. The van der Waals surface area contributed by atoms with E-state index in [1.54, 1.807) is 36.4 Å². The van der Waals surface area contributed by atoms with Crippen LogP contribution in [0.2, 0.25) is 0 Å². The quantitative estimate of drug-likeness (QED) is 0.163. The van der Waals surface area contributed by atoms with Gasteiger partial charge in [-0.25, -0.2) is 4.79 Å². The van der Waals surface area contributed by atoms with Gasteiger partial charge in [0.2, 0.25) is 11.8 Å². The molecule has 222 valence electrons. The van der Waals surface area contributed by atoms with E-state index in [9.17, 15) is 24.0 Å². The molecule has 4 aromatic rings. The lowest BCUT2D eigenvalue weighted by atomic mass is 9.78. The van der Waals surface area contributed by atoms with Gasteiger partial charge in [0.05, 0.1) is 17.9 Å². The van der Waals surface area contributed by atoms with Crippen LogP contribution in [0.5, 0.6) is 0 Å². The van der Waals surface area contributed by atoms with Crippen molar-refractivity contribution in [3.63, 3.8) is 0 Å². The highest BCUT2D eigenvalue weighted by atomic mass is 16.4. The molecule has 0 bridgehead atoms. The molecule has 0 unspecified atom stereocenters. The van der Waals surface area contributed by atoms with Gasteiger partial charge in [0.1, 0.15) is 6.04 Å². The Morgan fingerprint density at radius 1 is 0.636 bits per heavy atom. The maximum Gasteiger partial charge on any atom is 0.335 e. The van der Waals surface area contributed by atoms with E-state index in [0.29, 0.717) is 36.8 Å². The third kappa shape index (κ3) is 7.24. The van der Waals surface area contributed by atoms with Crippen LogP contribution in [0.15, 0.2) is 109 Å². The van der Waals surface area contributed by atoms with E-state index in [-0.39, 0.29) is 35.9 Å². The molecule has 1 fully saturated rings. The molecule has 44 heavy (non-hydrogen) atoms. The van der Waals surface area contributed by atoms with Crippen molar-refractivity contribution in [2.45, 2.75) is 44.6 Å². The van der Waals surface area contributed by atoms with E-state index < -0.39 is 23.8 Å². The fraction of sp³-hybridized carbons (Fsp3) is 0.216. The number of hydrogen-bond donors (Lipinski definition) is 1. The number of likely N-dealkylation sites (tertiary alicyclic amines) is 1. The van der Waals surface area contributed by atoms with Gasteiger partial charge in [0.15, 0.2) is 11.6 Å². The van der Waals surface area contributed by atoms with Crippen molar-refractivity contribution in [1.29, 1.82) is 0 Å². The predicted molar refractivity (Wildman–Crippen MR) is 165 cm³/mol. The maximum atomic E-state index is 13.5. The predicted octanol–water partition coefficient (Wildman–Crippen LogP) is 5.54. The highest BCUT2D eigenvalue weighted by Crippen LogP contribution is 2.33. The van der Waals surface area contributed by atoms with Crippen molar-refractivity contribution in [2.75, 3.05) is 0 Å². The Kier molecular flexibility index (Phi) is 9.55. The molecular formula is C37H33NO6. The van der Waals surface area contributed by atoms with E-state index in [1.165, 1.54) is 12.1 Å². The third-order valence-electron chi connectivity index (χ3n) is 8.06. The Labute approximate surface area is 256 Å². The smallest absolute Gasteiger partial charge is 0.335 e. The summed E-state index contributed by atoms with van der Waals surface area (Å²) in [6, 6.07) is 31.5. The van der Waals surface area contributed by atoms with E-state index >= 15 is 0 Å². The molecule has 1 aliphatic rings. The fourth-order valence-electron chi connectivity index (χ4n) is 5.65. The number of carbonyl (C=O) groups is 5. The Morgan fingerprint density at radius 3 is 1.89 bits per heavy atom. The molecule has 1 heterocycles. The number of Topliss-reactive ketones (excluding diaryl/α,β-unsaturated/α-hetero) is 2. The van der Waals surface area contributed by atoms with Crippen LogP contribution in [0.1, 0.15) is 55.8 Å². The Hall–Kier alpha value is -5.17. The number of benzene rings is 4. The lowest BCUT2D eigenvalue weighted by Crippen LogP contribution is -2.67. The topological polar surface area (TPSA) is 109 Å². The summed E-state index contributed by atoms with van der Waals surface area (Å²) in [5.74, 6) is -2.77. The number of aromatic carboxylic acids is 1. The number of imide groups is 1. The molecule has 1 N–H and O–H groups in total. The van der Waals surface area contributed by atoms with Crippen LogP contribution in [0.3, 0.4) is 0 Å². The van der Waals surface area contributed by atoms with Gasteiger partial charge >= 0.3 is 5.97 Å². The minimum atomic E-state index is -1.03. The first-order valence-electron chi connectivity index (χ1n) is 14.7. The standard InChI is InChI=1S/C37H33NO6/c39-32(20-16-25-8-3-1-4-9-25)30-13-7-12-28(22-30)24-34(41)38-35(31(36(38)42)23-27-10-5-2-6-11-27)33(40)21-17-26-14-18-29(19-15-26)37(43)44/h1-15,18-19,22,31,35H,16-17,20-21,23-24H2,(H,43,44)/t31-,35-/m0/s1. The van der Waals surface area contributed by atoms with Gasteiger partial charge < -0.3 is 5.11 Å². The molecule has 1 saturated heterocycles. The van der Waals surface area contributed by atoms with Gasteiger partial charge in [-0.05, 0) is 59.7 Å². The molecular weight excluding hydrogens is 554 g/mol. The zero-order valence-corrected chi connectivity index (χ0v) is 24.2. The van der Waals surface area contributed by atoms with Crippen LogP contribution in [-0.2, 0) is 40.1 Å². The number of aryl methyl sites for hydroxylation is 2. The normalized spacial score (nSPS) is 15.8. The summed E-state index contributed by atoms with van der Waals surface area (Å²) in [6.07, 6.45) is 1.65. The lowest BCUT2D eigenvalue weighted by Gasteiger charge is -2.45. The van der Waals surface area contributed by atoms with E-state index in [1.807, 2.05) is 60.7 Å². The molecule has 7 heteroatoms. The molecule has 0 aromatic heterocycles. The van der Waals surface area contributed by atoms with Crippen LogP contribution in [0, 0.1) is 5.92 Å². The molecule has 0 aliphatic carbocycles. The molecule has 1 aliphatic heterocycles. The SMILES string of the molecule is O=C(O)c1ccc(CCC(=O)[C@@H]2[C@H](Cc3ccccc3)C(=O)N2C(=O)Cc2cccc(C(=O)CCc3ccccc3)c2)cc1. The number of carboxylic acids is 1. The molecule has 4 aromatic carbocycles. The third-order valence-corrected chi connectivity index (χ3v) is 8.06. The number of carboxylic acid groups (broad SMARTS) is 1. The van der Waals surface area contributed by atoms with Gasteiger partial charge in [-0.3, -0.25) is 24.1 Å². The van der Waals surface area contributed by atoms with Crippen molar-refractivity contribution < 1.29 is 29.1 Å². The number of hydrogen-bond acceptors (Lipinski definition) is 5. The summed E-state index contributed by atoms with van der Waals surface area (Å²) in [4.78, 5) is 65.5. The molecule has 0 saturated carbocycles. The maximum absolute atomic E-state index is 13.5. The van der Waals surface area contributed by atoms with Crippen LogP contribution in [0.4, 0.5) is 0 Å². The van der Waals surface area contributed by atoms with Crippen molar-refractivity contribution in [1.82, 2.24) is 4.90 Å². The molecule has 2 atom stereocenters. The first-order valence-corrected chi connectivity index (χ1v) is 14.7. The number of ketones is 2. The number of nitrogens with zero attached hydrogens (tertiary/aromatic N) is 1. The highest BCUT2D eigenvalue weighted by Gasteiger charge is 2.53. The monoisotopic (exact) mass is 587 g/mol. The van der Waals surface area contributed by atoms with Crippen LogP contribution >= 0.6 is 0 Å². The number of amides is 2. The van der Waals surface area contributed by atoms with E-state index in [4.69, 9.17) is 5.11 Å². The van der Waals surface area contributed by atoms with Crippen molar-refractivity contribution in [3.05, 3.63) is 143 Å². The second-order valence-electron chi connectivity index (χ2n) is 11.1. The van der Waals surface area contributed by atoms with Gasteiger partial charge in [0.25, 0.3) is 0 Å². The largest absolute Gasteiger partial charge is 0.478 e. The van der Waals surface area contributed by atoms with Crippen LogP contribution in [0.25, 0.3) is 0 Å². The summed E-state index contributed by atoms with van der Waals surface area (Å²) < 4.78 is 0. The molecule has 0 spiro atoms. The van der Waals surface area contributed by atoms with Crippen molar-refractivity contribution >= 4 is 29.4 Å². The average Bonchev–Trinajstić information content (AvgIpc) is 3.04. The molecule has 7 nitrogen and oxygen atoms in total. The molecule has 5 rings (SSSR count). The Morgan fingerprint density at radius 2 is 1.23 bits per heavy atom. The second-order valence-corrected chi connectivity index (χ2v) is 11.1. The summed E-state index contributed by atoms with van der Waals surface area (Å²) in [5.41, 5.74) is 4.03. The number of β-lactam (4-membered cyclic amide) rings is 1. The van der Waals surface area contributed by atoms with Gasteiger partial charge in [-0.15, -0.1) is 0 Å². The second kappa shape index (κ2) is 13.9. The van der Waals surface area contributed by atoms with Gasteiger partial charge in [-0.1, -0.05) is 91.0 Å². The van der Waals surface area contributed by atoms with Crippen LogP contribution in [-0.4, -0.2) is 45.4 Å². The average molecular weight is 588 g/mol. The van der Waals surface area contributed by atoms with Crippen molar-refractivity contribution in [2.24, 2.45) is 5.92 Å². The van der Waals surface area contributed by atoms with Crippen molar-refractivity contribution in [3.8, 4) is 0 Å². The first kappa shape index (κ1) is 30.3. The minimum Gasteiger partial charge on any atom is -0.478 e. The summed E-state index contributed by atoms with van der Waals surface area (Å²) in [6.45, 7) is 0. The Bertz CT molecular complexity index is 1660. The number of carbonyl (C=O) groups excluding carboxylic acids is 4. The fourth-order valence-corrected chi connectivity index (χ4v) is 5.65. The molecule has 2 amide bonds. The van der Waals surface area contributed by atoms with E-state index in [0.717, 1.165) is 21.6 Å². The summed E-state index contributed by atoms with van der Waals surface area (Å²) in [5, 5.41) is 9.14.